The van der Waals surface area contributed by atoms with Gasteiger partial charge in [-0.05, 0) is 12.1 Å². The lowest BCUT2D eigenvalue weighted by Gasteiger charge is -1.81. The Morgan fingerprint density at radius 3 is 2.57 bits per heavy atom. The van der Waals surface area contributed by atoms with Crippen molar-refractivity contribution in [1.82, 2.24) is 0 Å². The maximum Gasteiger partial charge on any atom is 0.408 e. The zero-order valence-electron chi connectivity index (χ0n) is 7.18. The zero-order valence-corrected chi connectivity index (χ0v) is 7.18. The van der Waals surface area contributed by atoms with E-state index in [2.05, 4.69) is 0 Å². The van der Waals surface area contributed by atoms with Crippen molar-refractivity contribution in [2.75, 3.05) is 0 Å². The zero-order chi connectivity index (χ0) is 10.4. The van der Waals surface area contributed by atoms with Crippen LogP contribution < -0.4 is 0 Å². The molecule has 70 valence electrons. The van der Waals surface area contributed by atoms with Crippen LogP contribution in [0.2, 0.25) is 0 Å². The number of carboxylic acids is 1. The molecule has 1 N–H and O–H groups in total. The lowest BCUT2D eigenvalue weighted by molar-refractivity contribution is -0.130. The van der Waals surface area contributed by atoms with Gasteiger partial charge in [0.1, 0.15) is 5.58 Å². The van der Waals surface area contributed by atoms with Gasteiger partial charge >= 0.3 is 5.97 Å². The Hall–Kier alpha value is -2.28. The number of nitrogens with zero attached hydrogens (tertiary/aromatic N) is 1. The first-order valence-electron chi connectivity index (χ1n) is 3.79. The molecule has 0 spiro atoms. The van der Waals surface area contributed by atoms with Crippen molar-refractivity contribution < 1.29 is 14.3 Å². The van der Waals surface area contributed by atoms with Gasteiger partial charge < -0.3 is 9.52 Å². The summed E-state index contributed by atoms with van der Waals surface area (Å²) in [5.74, 6) is -1.44. The number of benzene rings is 1. The Kier molecular flexibility index (Phi) is 3.27. The normalized spacial score (nSPS) is 8.50. The summed E-state index contributed by atoms with van der Waals surface area (Å²) >= 11 is 0. The highest BCUT2D eigenvalue weighted by molar-refractivity contribution is 5.83. The highest BCUT2D eigenvalue weighted by atomic mass is 16.4. The van der Waals surface area contributed by atoms with Crippen LogP contribution in [0.5, 0.6) is 0 Å². The fourth-order valence-corrected chi connectivity index (χ4v) is 0.906. The second kappa shape index (κ2) is 4.67. The Morgan fingerprint density at radius 1 is 1.36 bits per heavy atom. The van der Waals surface area contributed by atoms with E-state index in [1.165, 1.54) is 0 Å². The van der Waals surface area contributed by atoms with Gasteiger partial charge in [-0.15, -0.1) is 0 Å². The third-order valence-electron chi connectivity index (χ3n) is 1.46. The molecular weight excluding hydrogens is 182 g/mol. The molecule has 0 aliphatic carbocycles. The molecule has 0 saturated carbocycles. The SMILES string of the molecule is N#CC(=O)O.c1ccc2occc2c1. The van der Waals surface area contributed by atoms with Gasteiger partial charge in [0.05, 0.1) is 6.26 Å². The molecule has 0 unspecified atom stereocenters. The van der Waals surface area contributed by atoms with Crippen LogP contribution in [0.15, 0.2) is 41.0 Å². The number of aliphatic carboxylic acids is 1. The summed E-state index contributed by atoms with van der Waals surface area (Å²) in [5, 5.41) is 15.8. The van der Waals surface area contributed by atoms with Crippen molar-refractivity contribution >= 4 is 16.9 Å². The van der Waals surface area contributed by atoms with Gasteiger partial charge in [0.15, 0.2) is 6.07 Å². The van der Waals surface area contributed by atoms with Crippen molar-refractivity contribution in [3.05, 3.63) is 36.6 Å². The van der Waals surface area contributed by atoms with Gasteiger partial charge in [0, 0.05) is 5.39 Å². The number of carbonyl (C=O) groups is 1. The summed E-state index contributed by atoms with van der Waals surface area (Å²) in [7, 11) is 0. The molecule has 4 heteroatoms. The lowest BCUT2D eigenvalue weighted by atomic mass is 10.3. The number of para-hydroxylation sites is 1. The molecule has 2 aromatic rings. The van der Waals surface area contributed by atoms with E-state index in [0.29, 0.717) is 0 Å². The molecule has 0 amide bonds. The first-order valence-corrected chi connectivity index (χ1v) is 3.79. The molecule has 0 aliphatic rings. The molecule has 14 heavy (non-hydrogen) atoms. The first-order chi connectivity index (χ1) is 6.74. The summed E-state index contributed by atoms with van der Waals surface area (Å²) in [6, 6.07) is 10.8. The predicted molar refractivity (Wildman–Crippen MR) is 49.5 cm³/mol. The van der Waals surface area contributed by atoms with Gasteiger partial charge in [-0.2, -0.15) is 5.26 Å². The van der Waals surface area contributed by atoms with E-state index in [-0.39, 0.29) is 0 Å². The summed E-state index contributed by atoms with van der Waals surface area (Å²) in [5.41, 5.74) is 0.956. The molecule has 0 aliphatic heterocycles. The van der Waals surface area contributed by atoms with E-state index >= 15 is 0 Å². The predicted octanol–water partition coefficient (Wildman–Crippen LogP) is 2.03. The van der Waals surface area contributed by atoms with Crippen molar-refractivity contribution in [1.29, 1.82) is 5.26 Å². The van der Waals surface area contributed by atoms with Gasteiger partial charge in [-0.1, -0.05) is 18.2 Å². The molecule has 1 aromatic carbocycles. The quantitative estimate of drug-likeness (QED) is 0.508. The average molecular weight is 189 g/mol. The number of carboxylic acid groups (broad SMARTS) is 1. The Morgan fingerprint density at radius 2 is 2.00 bits per heavy atom. The van der Waals surface area contributed by atoms with Crippen molar-refractivity contribution in [3.63, 3.8) is 0 Å². The molecule has 4 nitrogen and oxygen atoms in total. The molecular formula is C10H7NO3. The maximum atomic E-state index is 9.01. The van der Waals surface area contributed by atoms with E-state index in [1.807, 2.05) is 30.3 Å². The highest BCUT2D eigenvalue weighted by Crippen LogP contribution is 2.12. The lowest BCUT2D eigenvalue weighted by Crippen LogP contribution is -1.83. The van der Waals surface area contributed by atoms with E-state index in [1.54, 1.807) is 6.26 Å². The number of fused-ring (bicyclic) bond motifs is 1. The molecule has 0 radical (unpaired) electrons. The van der Waals surface area contributed by atoms with Crippen LogP contribution in [0.3, 0.4) is 0 Å². The second-order valence-electron chi connectivity index (χ2n) is 2.38. The number of furan rings is 1. The van der Waals surface area contributed by atoms with Crippen LogP contribution in [0.25, 0.3) is 11.0 Å². The van der Waals surface area contributed by atoms with Crippen LogP contribution in [-0.4, -0.2) is 11.1 Å². The fourth-order valence-electron chi connectivity index (χ4n) is 0.906. The minimum atomic E-state index is -1.44. The third-order valence-corrected chi connectivity index (χ3v) is 1.46. The van der Waals surface area contributed by atoms with Crippen molar-refractivity contribution in [2.45, 2.75) is 0 Å². The van der Waals surface area contributed by atoms with E-state index < -0.39 is 5.97 Å². The summed E-state index contributed by atoms with van der Waals surface area (Å²) in [4.78, 5) is 9.01. The number of hydrogen-bond donors (Lipinski definition) is 1. The van der Waals surface area contributed by atoms with Crippen LogP contribution in [0, 0.1) is 11.3 Å². The Labute approximate surface area is 80.0 Å². The minimum Gasteiger partial charge on any atom is -0.470 e. The Balaban J connectivity index is 0.000000171. The molecule has 0 atom stereocenters. The largest absolute Gasteiger partial charge is 0.470 e. The Bertz CT molecular complexity index is 437. The van der Waals surface area contributed by atoms with E-state index in [9.17, 15) is 0 Å². The molecule has 1 aromatic heterocycles. The first kappa shape index (κ1) is 9.81. The number of rotatable bonds is 0. The van der Waals surface area contributed by atoms with Gasteiger partial charge in [-0.25, -0.2) is 4.79 Å². The molecule has 2 rings (SSSR count). The van der Waals surface area contributed by atoms with Crippen molar-refractivity contribution in [2.24, 2.45) is 0 Å². The van der Waals surface area contributed by atoms with Crippen molar-refractivity contribution in [3.8, 4) is 6.07 Å². The monoisotopic (exact) mass is 189 g/mol. The van der Waals surface area contributed by atoms with Gasteiger partial charge in [0.2, 0.25) is 0 Å². The third kappa shape index (κ3) is 2.64. The highest BCUT2D eigenvalue weighted by Gasteiger charge is 1.89. The molecule has 0 bridgehead atoms. The smallest absolute Gasteiger partial charge is 0.408 e. The summed E-state index contributed by atoms with van der Waals surface area (Å²) in [6.07, 6.45) is 1.70. The average Bonchev–Trinajstić information content (AvgIpc) is 2.66. The van der Waals surface area contributed by atoms with Crippen LogP contribution in [0.4, 0.5) is 0 Å². The van der Waals surface area contributed by atoms with Crippen LogP contribution in [-0.2, 0) is 4.79 Å². The van der Waals surface area contributed by atoms with E-state index in [4.69, 9.17) is 19.6 Å². The summed E-state index contributed by atoms with van der Waals surface area (Å²) < 4.78 is 5.12. The van der Waals surface area contributed by atoms with Crippen LogP contribution >= 0.6 is 0 Å². The minimum absolute atomic E-state index is 0.944. The maximum absolute atomic E-state index is 9.01. The van der Waals surface area contributed by atoms with Crippen LogP contribution in [0.1, 0.15) is 0 Å². The fraction of sp³-hybridized carbons (Fsp3) is 0. The van der Waals surface area contributed by atoms with E-state index in [0.717, 1.165) is 17.0 Å². The van der Waals surface area contributed by atoms with Gasteiger partial charge in [-0.3, -0.25) is 0 Å². The number of nitriles is 1. The van der Waals surface area contributed by atoms with Gasteiger partial charge in [0.25, 0.3) is 0 Å². The number of hydrogen-bond acceptors (Lipinski definition) is 3. The molecule has 0 fully saturated rings. The molecule has 0 saturated heterocycles. The standard InChI is InChI=1S/C8H6O.C2HNO2/c1-2-4-8-7(3-1)5-6-9-8;3-1-2(4)5/h1-6H;(H,4,5). The summed E-state index contributed by atoms with van der Waals surface area (Å²) in [6.45, 7) is 0. The molecule has 1 heterocycles. The topological polar surface area (TPSA) is 74.2 Å². The second-order valence-corrected chi connectivity index (χ2v) is 2.38.